The number of rotatable bonds is 5. The number of nitrogens with zero attached hydrogens (tertiary/aromatic N) is 3. The van der Waals surface area contributed by atoms with Gasteiger partial charge in [-0.15, -0.1) is 10.2 Å². The minimum absolute atomic E-state index is 0.0732. The third-order valence-electron chi connectivity index (χ3n) is 4.25. The van der Waals surface area contributed by atoms with Crippen LogP contribution in [-0.2, 0) is 11.8 Å². The maximum atomic E-state index is 12.6. The maximum Gasteiger partial charge on any atom is 0.237 e. The highest BCUT2D eigenvalue weighted by Crippen LogP contribution is 2.30. The molecule has 1 heterocycles. The molecule has 0 unspecified atom stereocenters. The molecule has 0 aliphatic rings. The molecule has 0 fully saturated rings. The zero-order valence-electron chi connectivity index (χ0n) is 15.7. The Hall–Kier alpha value is -2.31. The second-order valence-electron chi connectivity index (χ2n) is 6.41. The smallest absolute Gasteiger partial charge is 0.237 e. The monoisotopic (exact) mass is 400 g/mol. The van der Waals surface area contributed by atoms with Gasteiger partial charge in [0.1, 0.15) is 0 Å². The topological polar surface area (TPSA) is 59.8 Å². The first-order valence-electron chi connectivity index (χ1n) is 8.56. The number of nitrogens with one attached hydrogen (secondary N) is 1. The van der Waals surface area contributed by atoms with Crippen LogP contribution >= 0.6 is 23.4 Å². The number of halogens is 1. The lowest BCUT2D eigenvalue weighted by molar-refractivity contribution is -0.115. The molecule has 2 aromatic carbocycles. The van der Waals surface area contributed by atoms with Crippen LogP contribution in [0.1, 0.15) is 18.1 Å². The van der Waals surface area contributed by atoms with Crippen molar-refractivity contribution in [3.8, 4) is 11.4 Å². The first kappa shape index (κ1) is 19.5. The van der Waals surface area contributed by atoms with Crippen molar-refractivity contribution < 1.29 is 4.79 Å². The van der Waals surface area contributed by atoms with Crippen molar-refractivity contribution in [2.45, 2.75) is 31.2 Å². The van der Waals surface area contributed by atoms with Gasteiger partial charge in [-0.1, -0.05) is 47.6 Å². The van der Waals surface area contributed by atoms with Crippen LogP contribution in [0, 0.1) is 13.8 Å². The predicted molar refractivity (Wildman–Crippen MR) is 111 cm³/mol. The maximum absolute atomic E-state index is 12.6. The number of benzene rings is 2. The summed E-state index contributed by atoms with van der Waals surface area (Å²) in [6, 6.07) is 13.5. The number of aromatic nitrogens is 3. The quantitative estimate of drug-likeness (QED) is 0.620. The van der Waals surface area contributed by atoms with Gasteiger partial charge in [0.05, 0.1) is 10.3 Å². The zero-order valence-corrected chi connectivity index (χ0v) is 17.2. The molecule has 1 aromatic heterocycles. The molecule has 1 N–H and O–H groups in total. The van der Waals surface area contributed by atoms with Crippen LogP contribution in [0.2, 0.25) is 5.02 Å². The van der Waals surface area contributed by atoms with Crippen molar-refractivity contribution in [1.82, 2.24) is 14.8 Å². The average Bonchev–Trinajstić information content (AvgIpc) is 2.99. The number of hydrogen-bond donors (Lipinski definition) is 1. The Labute approximate surface area is 168 Å². The predicted octanol–water partition coefficient (Wildman–Crippen LogP) is 4.87. The number of thioether (sulfide) groups is 1. The van der Waals surface area contributed by atoms with Gasteiger partial charge in [0.2, 0.25) is 5.91 Å². The van der Waals surface area contributed by atoms with E-state index in [0.717, 1.165) is 22.4 Å². The molecule has 0 aliphatic carbocycles. The molecule has 3 rings (SSSR count). The van der Waals surface area contributed by atoms with E-state index in [4.69, 9.17) is 11.6 Å². The van der Waals surface area contributed by atoms with E-state index in [0.29, 0.717) is 16.0 Å². The molecule has 1 atom stereocenters. The first-order valence-corrected chi connectivity index (χ1v) is 9.81. The highest BCUT2D eigenvalue weighted by atomic mass is 35.5. The minimum atomic E-state index is -0.327. The summed E-state index contributed by atoms with van der Waals surface area (Å²) in [5, 5.41) is 12.4. The summed E-state index contributed by atoms with van der Waals surface area (Å²) >= 11 is 7.63. The number of amides is 1. The Morgan fingerprint density at radius 3 is 2.67 bits per heavy atom. The Kier molecular flexibility index (Phi) is 5.87. The van der Waals surface area contributed by atoms with Crippen LogP contribution in [0.3, 0.4) is 0 Å². The van der Waals surface area contributed by atoms with Gasteiger partial charge in [-0.3, -0.25) is 4.79 Å². The molecular formula is C20H21ClN4OS. The molecule has 27 heavy (non-hydrogen) atoms. The summed E-state index contributed by atoms with van der Waals surface area (Å²) < 4.78 is 1.85. The van der Waals surface area contributed by atoms with Crippen LogP contribution < -0.4 is 5.32 Å². The summed E-state index contributed by atoms with van der Waals surface area (Å²) in [4.78, 5) is 12.6. The van der Waals surface area contributed by atoms with E-state index in [1.807, 2.05) is 74.9 Å². The van der Waals surface area contributed by atoms with Crippen LogP contribution in [-0.4, -0.2) is 25.9 Å². The summed E-state index contributed by atoms with van der Waals surface area (Å²) in [5.41, 5.74) is 3.79. The largest absolute Gasteiger partial charge is 0.325 e. The van der Waals surface area contributed by atoms with E-state index in [-0.39, 0.29) is 11.2 Å². The Balaban J connectivity index is 1.75. The normalized spacial score (nSPS) is 12.0. The van der Waals surface area contributed by atoms with Gasteiger partial charge in [0.25, 0.3) is 0 Å². The molecule has 0 radical (unpaired) electrons. The van der Waals surface area contributed by atoms with Gasteiger partial charge in [-0.2, -0.15) is 0 Å². The lowest BCUT2D eigenvalue weighted by Crippen LogP contribution is -2.23. The second-order valence-corrected chi connectivity index (χ2v) is 8.13. The molecule has 7 heteroatoms. The molecule has 0 bridgehead atoms. The highest BCUT2D eigenvalue weighted by Gasteiger charge is 2.20. The molecule has 140 valence electrons. The second kappa shape index (κ2) is 8.15. The molecule has 0 spiro atoms. The van der Waals surface area contributed by atoms with Gasteiger partial charge in [0.15, 0.2) is 11.0 Å². The van der Waals surface area contributed by atoms with Gasteiger partial charge in [0, 0.05) is 18.3 Å². The molecule has 3 aromatic rings. The number of carbonyl (C=O) groups excluding carboxylic acids is 1. The van der Waals surface area contributed by atoms with Crippen molar-refractivity contribution in [3.05, 3.63) is 58.6 Å². The molecule has 0 saturated heterocycles. The summed E-state index contributed by atoms with van der Waals surface area (Å²) in [6.45, 7) is 5.84. The molecular weight excluding hydrogens is 380 g/mol. The zero-order chi connectivity index (χ0) is 19.6. The van der Waals surface area contributed by atoms with Crippen molar-refractivity contribution in [2.24, 2.45) is 7.05 Å². The third kappa shape index (κ3) is 4.34. The summed E-state index contributed by atoms with van der Waals surface area (Å²) in [7, 11) is 1.87. The fourth-order valence-corrected chi connectivity index (χ4v) is 3.65. The van der Waals surface area contributed by atoms with Gasteiger partial charge in [-0.05, 0) is 50.1 Å². The first-order chi connectivity index (χ1) is 12.9. The molecule has 0 saturated carbocycles. The van der Waals surface area contributed by atoms with E-state index < -0.39 is 0 Å². The van der Waals surface area contributed by atoms with Gasteiger partial charge < -0.3 is 9.88 Å². The fraction of sp³-hybridized carbons (Fsp3) is 0.250. The van der Waals surface area contributed by atoms with E-state index in [9.17, 15) is 4.79 Å². The number of aryl methyl sites for hydroxylation is 2. The molecule has 1 amide bonds. The Morgan fingerprint density at radius 1 is 1.19 bits per heavy atom. The molecule has 5 nitrogen and oxygen atoms in total. The Bertz CT molecular complexity index is 986. The van der Waals surface area contributed by atoms with Crippen LogP contribution in [0.15, 0.2) is 47.6 Å². The highest BCUT2D eigenvalue weighted by molar-refractivity contribution is 8.00. The van der Waals surface area contributed by atoms with Crippen LogP contribution in [0.4, 0.5) is 5.69 Å². The summed E-state index contributed by atoms with van der Waals surface area (Å²) in [6.07, 6.45) is 0. The number of hydrogen-bond acceptors (Lipinski definition) is 4. The van der Waals surface area contributed by atoms with Crippen molar-refractivity contribution in [3.63, 3.8) is 0 Å². The number of anilines is 1. The van der Waals surface area contributed by atoms with E-state index in [2.05, 4.69) is 15.5 Å². The van der Waals surface area contributed by atoms with Gasteiger partial charge in [-0.25, -0.2) is 0 Å². The minimum Gasteiger partial charge on any atom is -0.325 e. The lowest BCUT2D eigenvalue weighted by atomic mass is 10.1. The van der Waals surface area contributed by atoms with Crippen molar-refractivity contribution in [2.75, 3.05) is 5.32 Å². The van der Waals surface area contributed by atoms with E-state index >= 15 is 0 Å². The molecule has 0 aliphatic heterocycles. The van der Waals surface area contributed by atoms with Gasteiger partial charge >= 0.3 is 0 Å². The SMILES string of the molecule is Cc1ccc(C)c(NC(=O)[C@@H](C)Sc2nnc(-c3ccccc3Cl)n2C)c1. The van der Waals surface area contributed by atoms with Crippen molar-refractivity contribution >= 4 is 35.0 Å². The van der Waals surface area contributed by atoms with Crippen LogP contribution in [0.25, 0.3) is 11.4 Å². The average molecular weight is 401 g/mol. The van der Waals surface area contributed by atoms with Crippen molar-refractivity contribution in [1.29, 1.82) is 0 Å². The number of carbonyl (C=O) groups is 1. The van der Waals surface area contributed by atoms with Crippen LogP contribution in [0.5, 0.6) is 0 Å². The Morgan fingerprint density at radius 2 is 1.93 bits per heavy atom. The standard InChI is InChI=1S/C20H21ClN4OS/c1-12-9-10-13(2)17(11-12)22-19(26)14(3)27-20-24-23-18(25(20)4)15-7-5-6-8-16(15)21/h5-11,14H,1-4H3,(H,22,26)/t14-/m1/s1. The third-order valence-corrected chi connectivity index (χ3v) is 5.72. The lowest BCUT2D eigenvalue weighted by Gasteiger charge is -2.14. The van der Waals surface area contributed by atoms with E-state index in [1.165, 1.54) is 11.8 Å². The van der Waals surface area contributed by atoms with E-state index in [1.54, 1.807) is 0 Å². The fourth-order valence-electron chi connectivity index (χ4n) is 2.61. The summed E-state index contributed by atoms with van der Waals surface area (Å²) in [5.74, 6) is 0.598.